The second-order valence-corrected chi connectivity index (χ2v) is 31.9. The van der Waals surface area contributed by atoms with Gasteiger partial charge in [0.1, 0.15) is 11.5 Å². The van der Waals surface area contributed by atoms with Crippen molar-refractivity contribution >= 4 is 92.6 Å². The Kier molecular flexibility index (Phi) is 26.6. The van der Waals surface area contributed by atoms with Crippen LogP contribution in [0.1, 0.15) is 110 Å². The molecule has 7 aromatic rings. The molecule has 2 aromatic heterocycles. The van der Waals surface area contributed by atoms with E-state index in [9.17, 15) is 36.0 Å². The maximum Gasteiger partial charge on any atom is 0.480 e. The number of halogens is 1. The number of sulfonamides is 2. The van der Waals surface area contributed by atoms with Crippen molar-refractivity contribution in [1.82, 2.24) is 19.1 Å². The summed E-state index contributed by atoms with van der Waals surface area (Å²) < 4.78 is 82.5. The molecular formula is C66H85BIN6O15PS2. The molecule has 496 valence electrons. The van der Waals surface area contributed by atoms with Crippen molar-refractivity contribution < 1.29 is 50.6 Å². The highest BCUT2D eigenvalue weighted by atomic mass is 127. The molecule has 11 rings (SSSR count). The van der Waals surface area contributed by atoms with Gasteiger partial charge in [0, 0.05) is 54.3 Å². The first-order valence-corrected chi connectivity index (χ1v) is 35.5. The van der Waals surface area contributed by atoms with Crippen molar-refractivity contribution in [3.05, 3.63) is 207 Å². The predicted molar refractivity (Wildman–Crippen MR) is 379 cm³/mol. The summed E-state index contributed by atoms with van der Waals surface area (Å²) in [5.41, 5.74) is 4.44. The van der Waals surface area contributed by atoms with Gasteiger partial charge in [-0.2, -0.15) is 0 Å². The van der Waals surface area contributed by atoms with Crippen molar-refractivity contribution in [1.29, 1.82) is 0 Å². The van der Waals surface area contributed by atoms with Crippen LogP contribution in [0.5, 0.6) is 11.5 Å². The van der Waals surface area contributed by atoms with Crippen molar-refractivity contribution in [3.63, 3.8) is 0 Å². The summed E-state index contributed by atoms with van der Waals surface area (Å²) in [5.74, 6) is 3.30. The number of rotatable bonds is 13. The van der Waals surface area contributed by atoms with Crippen molar-refractivity contribution in [2.75, 3.05) is 36.2 Å². The Hall–Kier alpha value is -6.94. The number of benzene rings is 5. The smallest absolute Gasteiger partial charge is 0.480 e. The number of aromatic amines is 2. The van der Waals surface area contributed by atoms with E-state index in [1.165, 1.54) is 51.0 Å². The lowest BCUT2D eigenvalue weighted by atomic mass is 9.91. The number of aromatic nitrogens is 4. The Morgan fingerprint density at radius 1 is 0.598 bits per heavy atom. The summed E-state index contributed by atoms with van der Waals surface area (Å²) >= 11 is 2.14. The summed E-state index contributed by atoms with van der Waals surface area (Å²) in [6.45, 7) is 25.4. The molecule has 0 amide bonds. The van der Waals surface area contributed by atoms with Crippen LogP contribution >= 0.6 is 30.5 Å². The molecule has 21 nitrogen and oxygen atoms in total. The number of nitrogens with zero attached hydrogens (tertiary/aromatic N) is 2. The van der Waals surface area contributed by atoms with E-state index in [0.717, 1.165) is 74.3 Å². The molecule has 0 spiro atoms. The first-order valence-electron chi connectivity index (χ1n) is 29.3. The van der Waals surface area contributed by atoms with Gasteiger partial charge in [-0.05, 0) is 160 Å². The monoisotopic (exact) mass is 1430 g/mol. The van der Waals surface area contributed by atoms with E-state index in [1.807, 2.05) is 38.1 Å². The van der Waals surface area contributed by atoms with Gasteiger partial charge in [0.25, 0.3) is 11.1 Å². The second-order valence-electron chi connectivity index (χ2n) is 24.1. The molecule has 4 saturated heterocycles. The van der Waals surface area contributed by atoms with Crippen LogP contribution in [0, 0.1) is 29.3 Å². The Bertz CT molecular complexity index is 4100. The van der Waals surface area contributed by atoms with Gasteiger partial charge in [-0.15, -0.1) is 0 Å². The molecule has 0 saturated carbocycles. The average molecular weight is 1440 g/mol. The number of hydrogen-bond acceptors (Lipinski definition) is 15. The van der Waals surface area contributed by atoms with E-state index in [0.29, 0.717) is 28.5 Å². The summed E-state index contributed by atoms with van der Waals surface area (Å²) in [6, 6.07) is 33.9. The van der Waals surface area contributed by atoms with Gasteiger partial charge in [-0.25, -0.2) is 26.4 Å². The largest absolute Gasteiger partial charge is 0.496 e. The molecule has 6 heterocycles. The zero-order chi connectivity index (χ0) is 68.7. The maximum absolute atomic E-state index is 12.1. The minimum absolute atomic E-state index is 0.177. The minimum Gasteiger partial charge on any atom is -0.496 e. The molecule has 4 aliphatic rings. The number of nitrogens with one attached hydrogen (secondary N) is 4. The second kappa shape index (κ2) is 32.3. The first-order chi connectivity index (χ1) is 42.8. The van der Waals surface area contributed by atoms with Gasteiger partial charge in [-0.1, -0.05) is 120 Å². The number of aryl methyl sites for hydroxylation is 2. The quantitative estimate of drug-likeness (QED) is 0.0271. The standard InChI is InChI=1S/C21H21N3O5S.C16H21O3P.C12H11IN2O3.C9H12BNO4S.2C4H10/c1-14-12-18(24-11-10-19(25)22-21(24)26)13-16(20(14)29-2)7-4-15-5-8-17(9-6-15)23-30(3,27)28;1-13-10-15(3)19-14(2,17-13)11-16(4,18-13)20(15)12-8-6-5-7-9-12;1-7-5-8(6-9(13)11(7)18-2)15-4-3-10(16)14-12(15)17;1-16(14,15)11-9-4-2-8(3-5-9)6-7-10(12)13;2*1-4(2)3/h4-13,23H,1-3H3,(H,22,25,26);5-9H,10-11H2,1-4H3;3-6H,1-2H3,(H,14,16,17);2-7,11-13H,1H3;2*4H,1-3H3/b7-4+;;;7-6+;;. The van der Waals surface area contributed by atoms with Crippen LogP contribution in [0.4, 0.5) is 11.4 Å². The topological polar surface area (TPSA) is 289 Å². The highest BCUT2D eigenvalue weighted by molar-refractivity contribution is 14.1. The molecule has 0 aliphatic carbocycles. The molecule has 4 unspecified atom stereocenters. The Morgan fingerprint density at radius 3 is 1.38 bits per heavy atom. The van der Waals surface area contributed by atoms with E-state index in [-0.39, 0.29) is 10.7 Å². The molecule has 4 bridgehead atoms. The summed E-state index contributed by atoms with van der Waals surface area (Å²) in [6.07, 6.45) is 11.8. The number of anilines is 2. The van der Waals surface area contributed by atoms with Crippen LogP contribution in [0.3, 0.4) is 0 Å². The van der Waals surface area contributed by atoms with E-state index < -0.39 is 69.2 Å². The lowest BCUT2D eigenvalue weighted by Crippen LogP contribution is -2.72. The first kappa shape index (κ1) is 75.8. The fourth-order valence-electron chi connectivity index (χ4n) is 10.5. The van der Waals surface area contributed by atoms with E-state index in [4.69, 9.17) is 33.7 Å². The number of ether oxygens (including phenoxy) is 5. The molecule has 4 atom stereocenters. The fourth-order valence-corrected chi connectivity index (χ4v) is 16.6. The third-order valence-corrected chi connectivity index (χ3v) is 18.2. The van der Waals surface area contributed by atoms with Gasteiger partial charge >= 0.3 is 18.5 Å². The highest BCUT2D eigenvalue weighted by Gasteiger charge is 2.71. The Balaban J connectivity index is 0.000000219. The lowest BCUT2D eigenvalue weighted by molar-refractivity contribution is -0.467. The molecule has 92 heavy (non-hydrogen) atoms. The van der Waals surface area contributed by atoms with E-state index in [1.54, 1.807) is 74.9 Å². The van der Waals surface area contributed by atoms with E-state index >= 15 is 0 Å². The number of H-pyrrole nitrogens is 2. The van der Waals surface area contributed by atoms with Crippen LogP contribution in [0.15, 0.2) is 153 Å². The van der Waals surface area contributed by atoms with Crippen molar-refractivity contribution in [3.8, 4) is 22.9 Å². The maximum atomic E-state index is 12.1. The SMILES string of the molecule is CC(C)C.CC(C)C.CC12CC3(C)OC(C)(CC(C)(O1)P3c1ccccc1)O2.COc1c(C)cc(-n2ccc(=O)[nH]c2=O)cc1/C=C/c1ccc(NS(C)(=O)=O)cc1.COc1c(C)cc(-n2ccc(=O)[nH]c2=O)cc1I.CS(=O)(=O)Nc1ccc(/C=C/B(O)O)cc1. The van der Waals surface area contributed by atoms with Crippen LogP contribution < -0.4 is 46.7 Å². The molecule has 26 heteroatoms. The van der Waals surface area contributed by atoms with Gasteiger partial charge in [0.05, 0.1) is 52.4 Å². The van der Waals surface area contributed by atoms with E-state index in [2.05, 4.69) is 142 Å². The molecule has 4 fully saturated rings. The lowest BCUT2D eigenvalue weighted by Gasteiger charge is -2.69. The van der Waals surface area contributed by atoms with Gasteiger partial charge < -0.3 is 33.7 Å². The third kappa shape index (κ3) is 22.7. The van der Waals surface area contributed by atoms with Gasteiger partial charge in [0.2, 0.25) is 20.0 Å². The van der Waals surface area contributed by atoms with Crippen LogP contribution in [0.25, 0.3) is 29.6 Å². The van der Waals surface area contributed by atoms with Gasteiger partial charge in [-0.3, -0.25) is 38.1 Å². The summed E-state index contributed by atoms with van der Waals surface area (Å²) in [4.78, 5) is 50.6. The number of methoxy groups -OCH3 is 2. The highest BCUT2D eigenvalue weighted by Crippen LogP contribution is 2.75. The summed E-state index contributed by atoms with van der Waals surface area (Å²) in [5, 5.41) is 18.2. The summed E-state index contributed by atoms with van der Waals surface area (Å²) in [7, 11) is -5.47. The Labute approximate surface area is 554 Å². The van der Waals surface area contributed by atoms with Gasteiger partial charge in [0.15, 0.2) is 11.6 Å². The Morgan fingerprint density at radius 2 is 1.00 bits per heavy atom. The predicted octanol–water partition coefficient (Wildman–Crippen LogP) is 10.8. The van der Waals surface area contributed by atoms with Crippen LogP contribution in [-0.2, 0) is 34.3 Å². The molecule has 4 aliphatic heterocycles. The van der Waals surface area contributed by atoms with Crippen molar-refractivity contribution in [2.24, 2.45) is 11.8 Å². The average Bonchev–Trinajstić information content (AvgIpc) is 0.683. The minimum atomic E-state index is -3.33. The molecule has 5 aromatic carbocycles. The normalized spacial score (nSPS) is 20.2. The number of hydrogen-bond donors (Lipinski definition) is 6. The molecule has 6 N–H and O–H groups in total. The fraction of sp³-hybridized carbons (Fsp3) is 0.364. The zero-order valence-electron chi connectivity index (χ0n) is 54.8. The van der Waals surface area contributed by atoms with Crippen LogP contribution in [0.2, 0.25) is 0 Å². The molecular weight excluding hydrogens is 1350 g/mol. The van der Waals surface area contributed by atoms with Crippen molar-refractivity contribution in [2.45, 2.75) is 118 Å². The molecule has 0 radical (unpaired) electrons. The van der Waals surface area contributed by atoms with Crippen LogP contribution in [-0.4, -0.2) is 102 Å². The zero-order valence-corrected chi connectivity index (χ0v) is 59.5. The third-order valence-electron chi connectivity index (χ3n) is 13.0.